The summed E-state index contributed by atoms with van der Waals surface area (Å²) in [5.74, 6) is 1.24. The Balaban J connectivity index is 2.70. The third-order valence-electron chi connectivity index (χ3n) is 2.76. The van der Waals surface area contributed by atoms with E-state index >= 15 is 0 Å². The largest absolute Gasteiger partial charge is 0.496 e. The first-order valence-electron chi connectivity index (χ1n) is 5.31. The molecule has 1 aromatic carbocycles. The highest BCUT2D eigenvalue weighted by molar-refractivity contribution is 5.92. The van der Waals surface area contributed by atoms with E-state index in [1.807, 2.05) is 12.1 Å². The van der Waals surface area contributed by atoms with Gasteiger partial charge in [-0.25, -0.2) is 0 Å². The number of ether oxygens (including phenoxy) is 1. The van der Waals surface area contributed by atoms with E-state index in [1.54, 1.807) is 7.11 Å². The first kappa shape index (κ1) is 10.7. The highest BCUT2D eigenvalue weighted by atomic mass is 16.5. The fourth-order valence-corrected chi connectivity index (χ4v) is 1.81. The van der Waals surface area contributed by atoms with E-state index in [9.17, 15) is 4.79 Å². The summed E-state index contributed by atoms with van der Waals surface area (Å²) in [6.45, 7) is 4.26. The summed E-state index contributed by atoms with van der Waals surface area (Å²) in [5, 5.41) is 0.953. The molecule has 3 nitrogen and oxygen atoms in total. The number of nitrogens with one attached hydrogen (secondary N) is 1. The standard InChI is InChI=1S/C13H15NO2/c1-8(2)9-4-12-11(13(5-9)16-3)6-10(7-15)14-12/h4-8,14H,1-3H3. The Kier molecular flexibility index (Phi) is 2.69. The Morgan fingerprint density at radius 2 is 2.06 bits per heavy atom. The van der Waals surface area contributed by atoms with Gasteiger partial charge < -0.3 is 9.72 Å². The number of aromatic amines is 1. The van der Waals surface area contributed by atoms with Crippen LogP contribution in [0.15, 0.2) is 18.2 Å². The van der Waals surface area contributed by atoms with Gasteiger partial charge in [-0.15, -0.1) is 0 Å². The summed E-state index contributed by atoms with van der Waals surface area (Å²) in [6, 6.07) is 5.90. The second-order valence-corrected chi connectivity index (χ2v) is 4.18. The third kappa shape index (κ3) is 1.69. The van der Waals surface area contributed by atoms with Crippen LogP contribution in [0.3, 0.4) is 0 Å². The molecule has 3 heteroatoms. The summed E-state index contributed by atoms with van der Waals surface area (Å²) in [7, 11) is 1.65. The second-order valence-electron chi connectivity index (χ2n) is 4.18. The van der Waals surface area contributed by atoms with E-state index in [-0.39, 0.29) is 0 Å². The van der Waals surface area contributed by atoms with Crippen molar-refractivity contribution in [1.29, 1.82) is 0 Å². The molecule has 2 rings (SSSR count). The number of hydrogen-bond acceptors (Lipinski definition) is 2. The number of benzene rings is 1. The molecule has 0 unspecified atom stereocenters. The van der Waals surface area contributed by atoms with Gasteiger partial charge in [0.15, 0.2) is 6.29 Å². The SMILES string of the molecule is COc1cc(C(C)C)cc2[nH]c(C=O)cc12. The molecule has 0 saturated heterocycles. The smallest absolute Gasteiger partial charge is 0.166 e. The number of aromatic nitrogens is 1. The van der Waals surface area contributed by atoms with Crippen LogP contribution in [0.25, 0.3) is 10.9 Å². The van der Waals surface area contributed by atoms with Crippen molar-refractivity contribution in [2.45, 2.75) is 19.8 Å². The van der Waals surface area contributed by atoms with Crippen molar-refractivity contribution in [3.63, 3.8) is 0 Å². The van der Waals surface area contributed by atoms with Gasteiger partial charge in [0.05, 0.1) is 12.8 Å². The molecule has 16 heavy (non-hydrogen) atoms. The van der Waals surface area contributed by atoms with Gasteiger partial charge in [-0.3, -0.25) is 4.79 Å². The van der Waals surface area contributed by atoms with E-state index in [0.717, 1.165) is 22.9 Å². The van der Waals surface area contributed by atoms with Gasteiger partial charge in [0.25, 0.3) is 0 Å². The number of H-pyrrole nitrogens is 1. The number of rotatable bonds is 3. The van der Waals surface area contributed by atoms with Crippen molar-refractivity contribution in [1.82, 2.24) is 4.98 Å². The number of methoxy groups -OCH3 is 1. The van der Waals surface area contributed by atoms with Crippen LogP contribution in [-0.4, -0.2) is 18.4 Å². The normalized spacial score (nSPS) is 11.0. The molecule has 0 fully saturated rings. The Morgan fingerprint density at radius 1 is 1.31 bits per heavy atom. The highest BCUT2D eigenvalue weighted by Gasteiger charge is 2.09. The summed E-state index contributed by atoms with van der Waals surface area (Å²) in [4.78, 5) is 13.8. The summed E-state index contributed by atoms with van der Waals surface area (Å²) < 4.78 is 5.34. The van der Waals surface area contributed by atoms with Crippen molar-refractivity contribution in [3.8, 4) is 5.75 Å². The van der Waals surface area contributed by atoms with Crippen LogP contribution in [0.1, 0.15) is 35.8 Å². The van der Waals surface area contributed by atoms with Crippen LogP contribution >= 0.6 is 0 Å². The van der Waals surface area contributed by atoms with Crippen molar-refractivity contribution in [3.05, 3.63) is 29.5 Å². The minimum absolute atomic E-state index is 0.432. The first-order chi connectivity index (χ1) is 7.65. The first-order valence-corrected chi connectivity index (χ1v) is 5.31. The van der Waals surface area contributed by atoms with Crippen molar-refractivity contribution in [2.24, 2.45) is 0 Å². The van der Waals surface area contributed by atoms with Gasteiger partial charge in [-0.1, -0.05) is 13.8 Å². The molecule has 1 N–H and O–H groups in total. The molecule has 1 aromatic heterocycles. The van der Waals surface area contributed by atoms with E-state index in [2.05, 4.69) is 24.9 Å². The van der Waals surface area contributed by atoms with Crippen LogP contribution in [0.5, 0.6) is 5.75 Å². The summed E-state index contributed by atoms with van der Waals surface area (Å²) >= 11 is 0. The fourth-order valence-electron chi connectivity index (χ4n) is 1.81. The minimum atomic E-state index is 0.432. The maximum atomic E-state index is 10.7. The Bertz CT molecular complexity index is 526. The van der Waals surface area contributed by atoms with Gasteiger partial charge in [0, 0.05) is 10.9 Å². The van der Waals surface area contributed by atoms with Crippen molar-refractivity contribution in [2.75, 3.05) is 7.11 Å². The average molecular weight is 217 g/mol. The van der Waals surface area contributed by atoms with Gasteiger partial charge in [-0.2, -0.15) is 0 Å². The molecule has 0 amide bonds. The van der Waals surface area contributed by atoms with Crippen LogP contribution < -0.4 is 4.74 Å². The molecule has 0 aliphatic rings. The third-order valence-corrected chi connectivity index (χ3v) is 2.76. The van der Waals surface area contributed by atoms with E-state index in [4.69, 9.17) is 4.74 Å². The lowest BCUT2D eigenvalue weighted by atomic mass is 10.0. The summed E-state index contributed by atoms with van der Waals surface area (Å²) in [5.41, 5.74) is 2.73. The molecule has 0 spiro atoms. The lowest BCUT2D eigenvalue weighted by Gasteiger charge is -2.09. The van der Waals surface area contributed by atoms with Crippen LogP contribution in [0.4, 0.5) is 0 Å². The molecule has 0 aliphatic carbocycles. The fraction of sp³-hybridized carbons (Fsp3) is 0.308. The van der Waals surface area contributed by atoms with Crippen LogP contribution in [-0.2, 0) is 0 Å². The molecular formula is C13H15NO2. The van der Waals surface area contributed by atoms with E-state index in [1.165, 1.54) is 5.56 Å². The molecule has 2 aromatic rings. The number of hydrogen-bond donors (Lipinski definition) is 1. The predicted molar refractivity (Wildman–Crippen MR) is 64.3 cm³/mol. The molecule has 1 heterocycles. The number of carbonyl (C=O) groups excluding carboxylic acids is 1. The van der Waals surface area contributed by atoms with Crippen molar-refractivity contribution >= 4 is 17.2 Å². The zero-order valence-corrected chi connectivity index (χ0v) is 9.70. The average Bonchev–Trinajstić information content (AvgIpc) is 2.70. The van der Waals surface area contributed by atoms with Crippen LogP contribution in [0, 0.1) is 0 Å². The maximum Gasteiger partial charge on any atom is 0.166 e. The van der Waals surface area contributed by atoms with Crippen LogP contribution in [0.2, 0.25) is 0 Å². The van der Waals surface area contributed by atoms with Crippen molar-refractivity contribution < 1.29 is 9.53 Å². The maximum absolute atomic E-state index is 10.7. The van der Waals surface area contributed by atoms with Gasteiger partial charge in [0.2, 0.25) is 0 Å². The molecule has 0 saturated carbocycles. The number of fused-ring (bicyclic) bond motifs is 1. The number of aldehydes is 1. The zero-order valence-electron chi connectivity index (χ0n) is 9.70. The Hall–Kier alpha value is -1.77. The molecular weight excluding hydrogens is 202 g/mol. The molecule has 0 aliphatic heterocycles. The molecule has 84 valence electrons. The topological polar surface area (TPSA) is 42.1 Å². The quantitative estimate of drug-likeness (QED) is 0.802. The lowest BCUT2D eigenvalue weighted by Crippen LogP contribution is -1.90. The van der Waals surface area contributed by atoms with E-state index in [0.29, 0.717) is 11.6 Å². The Morgan fingerprint density at radius 3 is 2.62 bits per heavy atom. The number of carbonyl (C=O) groups is 1. The zero-order chi connectivity index (χ0) is 11.7. The molecule has 0 radical (unpaired) electrons. The summed E-state index contributed by atoms with van der Waals surface area (Å²) in [6.07, 6.45) is 0.814. The predicted octanol–water partition coefficient (Wildman–Crippen LogP) is 3.11. The van der Waals surface area contributed by atoms with E-state index < -0.39 is 0 Å². The lowest BCUT2D eigenvalue weighted by molar-refractivity contribution is 0.112. The van der Waals surface area contributed by atoms with Gasteiger partial charge in [-0.05, 0) is 29.7 Å². The Labute approximate surface area is 94.4 Å². The van der Waals surface area contributed by atoms with Gasteiger partial charge in [0.1, 0.15) is 5.75 Å². The second kappa shape index (κ2) is 4.00. The minimum Gasteiger partial charge on any atom is -0.496 e. The highest BCUT2D eigenvalue weighted by Crippen LogP contribution is 2.30. The monoisotopic (exact) mass is 217 g/mol. The molecule has 0 bridgehead atoms. The molecule has 0 atom stereocenters. The van der Waals surface area contributed by atoms with Gasteiger partial charge >= 0.3 is 0 Å².